The lowest BCUT2D eigenvalue weighted by Crippen LogP contribution is -2.52. The average Bonchev–Trinajstić information content (AvgIpc) is 2.29. The molecule has 17 heavy (non-hydrogen) atoms. The second-order valence-corrected chi connectivity index (χ2v) is 7.28. The van der Waals surface area contributed by atoms with Gasteiger partial charge in [0, 0.05) is 32.2 Å². The largest absolute Gasteiger partial charge is 0.327 e. The van der Waals surface area contributed by atoms with E-state index in [9.17, 15) is 8.42 Å². The van der Waals surface area contributed by atoms with Crippen LogP contribution in [0.4, 0.5) is 0 Å². The lowest BCUT2D eigenvalue weighted by atomic mass is 10.0. The predicted octanol–water partition coefficient (Wildman–Crippen LogP) is 0.386. The molecule has 2 aliphatic rings. The van der Waals surface area contributed by atoms with Crippen LogP contribution in [0.3, 0.4) is 0 Å². The van der Waals surface area contributed by atoms with E-state index >= 15 is 0 Å². The fourth-order valence-corrected chi connectivity index (χ4v) is 4.30. The van der Waals surface area contributed by atoms with Crippen molar-refractivity contribution in [1.29, 1.82) is 0 Å². The van der Waals surface area contributed by atoms with Crippen molar-refractivity contribution in [2.24, 2.45) is 11.7 Å². The van der Waals surface area contributed by atoms with Crippen LogP contribution in [0.15, 0.2) is 0 Å². The molecule has 2 rings (SSSR count). The Labute approximate surface area is 104 Å². The third kappa shape index (κ3) is 2.99. The van der Waals surface area contributed by atoms with E-state index in [4.69, 9.17) is 5.73 Å². The van der Waals surface area contributed by atoms with Crippen molar-refractivity contribution in [2.75, 3.05) is 26.2 Å². The molecule has 6 heteroatoms. The van der Waals surface area contributed by atoms with Gasteiger partial charge in [-0.2, -0.15) is 17.0 Å². The summed E-state index contributed by atoms with van der Waals surface area (Å²) >= 11 is 0. The van der Waals surface area contributed by atoms with Crippen molar-refractivity contribution in [3.63, 3.8) is 0 Å². The highest BCUT2D eigenvalue weighted by atomic mass is 32.2. The highest BCUT2D eigenvalue weighted by Crippen LogP contribution is 2.22. The molecule has 100 valence electrons. The SMILES string of the molecule is CC1CCN(S(=O)(=O)N2CCCC(N)C2)CC1. The number of hydrogen-bond donors (Lipinski definition) is 1. The van der Waals surface area contributed by atoms with Crippen LogP contribution in [0.5, 0.6) is 0 Å². The van der Waals surface area contributed by atoms with Gasteiger partial charge in [-0.1, -0.05) is 6.92 Å². The molecule has 0 aromatic carbocycles. The number of nitrogens with zero attached hydrogens (tertiary/aromatic N) is 2. The van der Waals surface area contributed by atoms with Gasteiger partial charge in [-0.3, -0.25) is 0 Å². The summed E-state index contributed by atoms with van der Waals surface area (Å²) < 4.78 is 28.0. The fraction of sp³-hybridized carbons (Fsp3) is 1.00. The van der Waals surface area contributed by atoms with Crippen molar-refractivity contribution in [3.8, 4) is 0 Å². The van der Waals surface area contributed by atoms with Crippen LogP contribution in [0.2, 0.25) is 0 Å². The standard InChI is InChI=1S/C11H23N3O2S/c1-10-4-7-13(8-5-10)17(15,16)14-6-2-3-11(12)9-14/h10-11H,2-9,12H2,1H3. The Morgan fingerprint density at radius 2 is 1.71 bits per heavy atom. The highest BCUT2D eigenvalue weighted by Gasteiger charge is 2.34. The van der Waals surface area contributed by atoms with E-state index in [0.717, 1.165) is 25.7 Å². The molecule has 1 unspecified atom stereocenters. The summed E-state index contributed by atoms with van der Waals surface area (Å²) in [7, 11) is -3.25. The molecule has 0 aromatic rings. The van der Waals surface area contributed by atoms with E-state index in [2.05, 4.69) is 6.92 Å². The molecular formula is C11H23N3O2S. The van der Waals surface area contributed by atoms with Gasteiger partial charge in [0.2, 0.25) is 0 Å². The van der Waals surface area contributed by atoms with Crippen LogP contribution in [0.1, 0.15) is 32.6 Å². The molecule has 0 saturated carbocycles. The lowest BCUT2D eigenvalue weighted by Gasteiger charge is -2.36. The van der Waals surface area contributed by atoms with Crippen LogP contribution >= 0.6 is 0 Å². The summed E-state index contributed by atoms with van der Waals surface area (Å²) in [6.45, 7) is 4.61. The number of piperidine rings is 2. The molecule has 0 radical (unpaired) electrons. The van der Waals surface area contributed by atoms with E-state index in [1.54, 1.807) is 8.61 Å². The van der Waals surface area contributed by atoms with Crippen LogP contribution in [0.25, 0.3) is 0 Å². The first-order valence-electron chi connectivity index (χ1n) is 6.51. The molecule has 2 fully saturated rings. The Balaban J connectivity index is 2.02. The van der Waals surface area contributed by atoms with Gasteiger partial charge in [-0.05, 0) is 31.6 Å². The van der Waals surface area contributed by atoms with Crippen molar-refractivity contribution < 1.29 is 8.42 Å². The molecule has 2 saturated heterocycles. The molecule has 0 aliphatic carbocycles. The minimum absolute atomic E-state index is 0.00207. The van der Waals surface area contributed by atoms with Crippen molar-refractivity contribution in [3.05, 3.63) is 0 Å². The maximum absolute atomic E-state index is 12.4. The number of nitrogens with two attached hydrogens (primary N) is 1. The first kappa shape index (κ1) is 13.3. The third-order valence-electron chi connectivity index (χ3n) is 3.82. The van der Waals surface area contributed by atoms with Gasteiger partial charge in [0.1, 0.15) is 0 Å². The van der Waals surface area contributed by atoms with Crippen molar-refractivity contribution in [2.45, 2.75) is 38.6 Å². The van der Waals surface area contributed by atoms with Crippen molar-refractivity contribution >= 4 is 10.2 Å². The molecule has 2 aliphatic heterocycles. The Kier molecular flexibility index (Phi) is 4.07. The summed E-state index contributed by atoms with van der Waals surface area (Å²) in [5, 5.41) is 0. The molecule has 1 atom stereocenters. The van der Waals surface area contributed by atoms with Gasteiger partial charge in [0.05, 0.1) is 0 Å². The zero-order valence-electron chi connectivity index (χ0n) is 10.5. The van der Waals surface area contributed by atoms with Gasteiger partial charge in [-0.25, -0.2) is 0 Å². The van der Waals surface area contributed by atoms with Crippen LogP contribution in [-0.4, -0.2) is 49.2 Å². The zero-order chi connectivity index (χ0) is 12.5. The third-order valence-corrected chi connectivity index (χ3v) is 5.82. The summed E-state index contributed by atoms with van der Waals surface area (Å²) in [6.07, 6.45) is 3.76. The summed E-state index contributed by atoms with van der Waals surface area (Å²) in [5.74, 6) is 0.644. The quantitative estimate of drug-likeness (QED) is 0.782. The first-order chi connectivity index (χ1) is 8.00. The second-order valence-electron chi connectivity index (χ2n) is 5.35. The summed E-state index contributed by atoms with van der Waals surface area (Å²) in [4.78, 5) is 0. The molecule has 0 aromatic heterocycles. The Morgan fingerprint density at radius 1 is 1.06 bits per heavy atom. The number of rotatable bonds is 2. The maximum atomic E-state index is 12.4. The minimum Gasteiger partial charge on any atom is -0.327 e. The normalized spacial score (nSPS) is 30.6. The molecule has 2 N–H and O–H groups in total. The average molecular weight is 261 g/mol. The van der Waals surface area contributed by atoms with E-state index in [1.165, 1.54) is 0 Å². The van der Waals surface area contributed by atoms with E-state index in [0.29, 0.717) is 32.1 Å². The Bertz CT molecular complexity index is 350. The fourth-order valence-electron chi connectivity index (χ4n) is 2.56. The predicted molar refractivity (Wildman–Crippen MR) is 67.7 cm³/mol. The van der Waals surface area contributed by atoms with Gasteiger partial charge < -0.3 is 5.73 Å². The van der Waals surface area contributed by atoms with Gasteiger partial charge in [0.25, 0.3) is 10.2 Å². The van der Waals surface area contributed by atoms with Crippen LogP contribution in [-0.2, 0) is 10.2 Å². The zero-order valence-corrected chi connectivity index (χ0v) is 11.3. The summed E-state index contributed by atoms with van der Waals surface area (Å²) in [5.41, 5.74) is 5.85. The van der Waals surface area contributed by atoms with E-state index < -0.39 is 10.2 Å². The minimum atomic E-state index is -3.25. The van der Waals surface area contributed by atoms with Gasteiger partial charge in [-0.15, -0.1) is 0 Å². The molecule has 0 spiro atoms. The van der Waals surface area contributed by atoms with Gasteiger partial charge >= 0.3 is 0 Å². The molecule has 2 heterocycles. The topological polar surface area (TPSA) is 66.6 Å². The monoisotopic (exact) mass is 261 g/mol. The highest BCUT2D eigenvalue weighted by molar-refractivity contribution is 7.86. The molecule has 0 bridgehead atoms. The van der Waals surface area contributed by atoms with Gasteiger partial charge in [0.15, 0.2) is 0 Å². The molecular weight excluding hydrogens is 238 g/mol. The number of hydrogen-bond acceptors (Lipinski definition) is 3. The van der Waals surface area contributed by atoms with E-state index in [1.807, 2.05) is 0 Å². The van der Waals surface area contributed by atoms with Crippen LogP contribution in [0, 0.1) is 5.92 Å². The first-order valence-corrected chi connectivity index (χ1v) is 7.90. The molecule has 5 nitrogen and oxygen atoms in total. The maximum Gasteiger partial charge on any atom is 0.282 e. The van der Waals surface area contributed by atoms with Crippen molar-refractivity contribution in [1.82, 2.24) is 8.61 Å². The lowest BCUT2D eigenvalue weighted by molar-refractivity contribution is 0.246. The molecule has 0 amide bonds. The second kappa shape index (κ2) is 5.22. The Morgan fingerprint density at radius 3 is 2.29 bits per heavy atom. The Hall–Kier alpha value is -0.170. The van der Waals surface area contributed by atoms with Crippen LogP contribution < -0.4 is 5.73 Å². The smallest absolute Gasteiger partial charge is 0.282 e. The summed E-state index contributed by atoms with van der Waals surface area (Å²) in [6, 6.07) is 0.00207. The van der Waals surface area contributed by atoms with E-state index in [-0.39, 0.29) is 6.04 Å².